The zero-order valence-electron chi connectivity index (χ0n) is 20.6. The lowest BCUT2D eigenvalue weighted by molar-refractivity contribution is -0.137. The molecule has 0 unspecified atom stereocenters. The van der Waals surface area contributed by atoms with E-state index in [2.05, 4.69) is 23.5 Å². The van der Waals surface area contributed by atoms with Crippen LogP contribution in [0.15, 0.2) is 66.7 Å². The quantitative estimate of drug-likeness (QED) is 0.240. The van der Waals surface area contributed by atoms with E-state index in [0.29, 0.717) is 19.4 Å². The Bertz CT molecular complexity index is 1420. The number of rotatable bonds is 9. The number of carbonyl (C=O) groups is 1. The van der Waals surface area contributed by atoms with Gasteiger partial charge in [-0.15, -0.1) is 0 Å². The Labute approximate surface area is 215 Å². The Morgan fingerprint density at radius 2 is 1.78 bits per heavy atom. The van der Waals surface area contributed by atoms with Crippen LogP contribution in [0.5, 0.6) is 0 Å². The third-order valence-electron chi connectivity index (χ3n) is 7.14. The minimum absolute atomic E-state index is 0.124. The van der Waals surface area contributed by atoms with Crippen molar-refractivity contribution in [3.8, 4) is 11.3 Å². The van der Waals surface area contributed by atoms with Gasteiger partial charge >= 0.3 is 5.97 Å². The molecule has 1 aliphatic rings. The van der Waals surface area contributed by atoms with Gasteiger partial charge in [0.25, 0.3) is 0 Å². The van der Waals surface area contributed by atoms with Gasteiger partial charge in [0.2, 0.25) is 0 Å². The number of halogens is 2. The van der Waals surface area contributed by atoms with Crippen LogP contribution >= 0.6 is 0 Å². The molecule has 37 heavy (non-hydrogen) atoms. The molecule has 1 heterocycles. The molecule has 0 amide bonds. The highest BCUT2D eigenvalue weighted by molar-refractivity contribution is 5.84. The number of hydrogen-bond donors (Lipinski definition) is 2. The molecular formula is C31H30F2N2O2. The fraction of sp³-hybridized carbons (Fsp3) is 0.290. The number of unbranched alkanes of at least 4 members (excludes halogenated alkanes) is 1. The Balaban J connectivity index is 1.39. The van der Waals surface area contributed by atoms with Crippen LogP contribution in [0.25, 0.3) is 22.2 Å². The number of carboxylic acids is 1. The predicted octanol–water partition coefficient (Wildman–Crippen LogP) is 7.14. The topological polar surface area (TPSA) is 62.2 Å². The minimum atomic E-state index is -0.795. The number of nitrogens with one attached hydrogen (secondary N) is 1. The lowest BCUT2D eigenvalue weighted by Gasteiger charge is -2.26. The van der Waals surface area contributed by atoms with Crippen LogP contribution < -0.4 is 5.32 Å². The van der Waals surface area contributed by atoms with Crippen molar-refractivity contribution in [3.05, 3.63) is 101 Å². The summed E-state index contributed by atoms with van der Waals surface area (Å²) in [6.45, 7) is 0.657. The number of benzene rings is 3. The fourth-order valence-electron chi connectivity index (χ4n) is 5.24. The maximum Gasteiger partial charge on any atom is 0.303 e. The van der Waals surface area contributed by atoms with E-state index >= 15 is 0 Å². The highest BCUT2D eigenvalue weighted by atomic mass is 19.1. The van der Waals surface area contributed by atoms with E-state index in [9.17, 15) is 13.6 Å². The third kappa shape index (κ3) is 6.03. The second-order valence-electron chi connectivity index (χ2n) is 9.80. The summed E-state index contributed by atoms with van der Waals surface area (Å²) in [4.78, 5) is 15.9. The average molecular weight is 501 g/mol. The van der Waals surface area contributed by atoms with Gasteiger partial charge in [-0.25, -0.2) is 13.8 Å². The second kappa shape index (κ2) is 11.2. The number of aliphatic carboxylic acids is 1. The fourth-order valence-corrected chi connectivity index (χ4v) is 5.24. The largest absolute Gasteiger partial charge is 0.481 e. The monoisotopic (exact) mass is 500 g/mol. The van der Waals surface area contributed by atoms with E-state index in [4.69, 9.17) is 10.1 Å². The van der Waals surface area contributed by atoms with Gasteiger partial charge in [-0.2, -0.15) is 0 Å². The molecule has 0 bridgehead atoms. The van der Waals surface area contributed by atoms with Gasteiger partial charge in [-0.05, 0) is 115 Å². The molecule has 1 aliphatic carbocycles. The predicted molar refractivity (Wildman–Crippen MR) is 141 cm³/mol. The van der Waals surface area contributed by atoms with Crippen molar-refractivity contribution in [3.63, 3.8) is 0 Å². The molecule has 190 valence electrons. The summed E-state index contributed by atoms with van der Waals surface area (Å²) >= 11 is 0. The molecule has 3 aromatic carbocycles. The lowest BCUT2D eigenvalue weighted by Crippen LogP contribution is -2.25. The van der Waals surface area contributed by atoms with E-state index in [-0.39, 0.29) is 24.1 Å². The van der Waals surface area contributed by atoms with Crippen LogP contribution in [0.1, 0.15) is 60.4 Å². The standard InChI is InChI=1S/C31H30F2N2O2/c32-25-12-10-22(11-13-25)31-23(4-1-2-7-30(36)37)17-24-16-20(8-15-28(24)35-31)19-34-29-6-3-5-21-9-14-26(33)18-27(21)29/h8-18,29,34H,1-7,19H2,(H,36,37)/t29-/m1/s1. The lowest BCUT2D eigenvalue weighted by atomic mass is 9.87. The van der Waals surface area contributed by atoms with Crippen LogP contribution in [0.4, 0.5) is 8.78 Å². The Hall–Kier alpha value is -3.64. The van der Waals surface area contributed by atoms with Gasteiger partial charge in [0, 0.05) is 30.0 Å². The smallest absolute Gasteiger partial charge is 0.303 e. The number of fused-ring (bicyclic) bond motifs is 2. The van der Waals surface area contributed by atoms with Gasteiger partial charge in [0.1, 0.15) is 11.6 Å². The van der Waals surface area contributed by atoms with Gasteiger partial charge in [-0.1, -0.05) is 12.1 Å². The SMILES string of the molecule is O=C(O)CCCCc1cc2cc(CN[C@@H]3CCCc4ccc(F)cc43)ccc2nc1-c1ccc(F)cc1. The number of pyridine rings is 1. The maximum absolute atomic E-state index is 13.9. The van der Waals surface area contributed by atoms with Crippen molar-refractivity contribution < 1.29 is 18.7 Å². The highest BCUT2D eigenvalue weighted by Crippen LogP contribution is 2.31. The highest BCUT2D eigenvalue weighted by Gasteiger charge is 2.20. The molecule has 0 saturated heterocycles. The molecule has 2 N–H and O–H groups in total. The van der Waals surface area contributed by atoms with Crippen LogP contribution in [-0.2, 0) is 24.2 Å². The summed E-state index contributed by atoms with van der Waals surface area (Å²) in [5.74, 6) is -1.29. The molecule has 1 aromatic heterocycles. The van der Waals surface area contributed by atoms with Gasteiger partial charge < -0.3 is 10.4 Å². The summed E-state index contributed by atoms with van der Waals surface area (Å²) in [5, 5.41) is 13.6. The first kappa shape index (κ1) is 25.0. The zero-order chi connectivity index (χ0) is 25.8. The molecule has 0 aliphatic heterocycles. The van der Waals surface area contributed by atoms with E-state index in [1.165, 1.54) is 23.8 Å². The molecule has 4 nitrogen and oxygen atoms in total. The Morgan fingerprint density at radius 3 is 2.59 bits per heavy atom. The number of aryl methyl sites for hydroxylation is 2. The van der Waals surface area contributed by atoms with E-state index in [0.717, 1.165) is 64.5 Å². The summed E-state index contributed by atoms with van der Waals surface area (Å²) in [6, 6.07) is 19.8. The molecule has 0 fully saturated rings. The summed E-state index contributed by atoms with van der Waals surface area (Å²) < 4.78 is 27.4. The molecule has 1 atom stereocenters. The summed E-state index contributed by atoms with van der Waals surface area (Å²) in [5.41, 5.74) is 6.90. The van der Waals surface area contributed by atoms with Gasteiger partial charge in [0.15, 0.2) is 0 Å². The minimum Gasteiger partial charge on any atom is -0.481 e. The van der Waals surface area contributed by atoms with Crippen molar-refractivity contribution in [2.24, 2.45) is 0 Å². The number of nitrogens with zero attached hydrogens (tertiary/aromatic N) is 1. The summed E-state index contributed by atoms with van der Waals surface area (Å²) in [7, 11) is 0. The van der Waals surface area contributed by atoms with E-state index < -0.39 is 5.97 Å². The first-order valence-corrected chi connectivity index (χ1v) is 12.9. The Kier molecular flexibility index (Phi) is 7.56. The molecule has 0 spiro atoms. The average Bonchev–Trinajstić information content (AvgIpc) is 2.89. The van der Waals surface area contributed by atoms with Crippen LogP contribution in [0.2, 0.25) is 0 Å². The second-order valence-corrected chi connectivity index (χ2v) is 9.80. The van der Waals surface area contributed by atoms with Crippen LogP contribution in [0.3, 0.4) is 0 Å². The van der Waals surface area contributed by atoms with E-state index in [1.807, 2.05) is 12.1 Å². The van der Waals surface area contributed by atoms with Crippen LogP contribution in [0, 0.1) is 11.6 Å². The first-order chi connectivity index (χ1) is 18.0. The number of carboxylic acid groups (broad SMARTS) is 1. The summed E-state index contributed by atoms with van der Waals surface area (Å²) in [6.07, 6.45) is 5.19. The molecule has 0 saturated carbocycles. The van der Waals surface area contributed by atoms with Crippen molar-refractivity contribution in [1.29, 1.82) is 0 Å². The molecule has 0 radical (unpaired) electrons. The first-order valence-electron chi connectivity index (χ1n) is 12.9. The molecule has 5 rings (SSSR count). The van der Waals surface area contributed by atoms with Crippen molar-refractivity contribution in [2.75, 3.05) is 0 Å². The normalized spacial score (nSPS) is 15.0. The van der Waals surface area contributed by atoms with Crippen molar-refractivity contribution >= 4 is 16.9 Å². The zero-order valence-corrected chi connectivity index (χ0v) is 20.6. The number of hydrogen-bond acceptors (Lipinski definition) is 3. The van der Waals surface area contributed by atoms with E-state index in [1.54, 1.807) is 18.2 Å². The molecular weight excluding hydrogens is 470 g/mol. The molecule has 6 heteroatoms. The molecule has 4 aromatic rings. The maximum atomic E-state index is 13.9. The van der Waals surface area contributed by atoms with Gasteiger partial charge in [0.05, 0.1) is 11.2 Å². The Morgan fingerprint density at radius 1 is 0.973 bits per heavy atom. The van der Waals surface area contributed by atoms with Crippen molar-refractivity contribution in [2.45, 2.75) is 57.5 Å². The number of aromatic nitrogens is 1. The van der Waals surface area contributed by atoms with Gasteiger partial charge in [-0.3, -0.25) is 4.79 Å². The third-order valence-corrected chi connectivity index (χ3v) is 7.14. The van der Waals surface area contributed by atoms with Crippen molar-refractivity contribution in [1.82, 2.24) is 10.3 Å². The van der Waals surface area contributed by atoms with Crippen LogP contribution in [-0.4, -0.2) is 16.1 Å².